The van der Waals surface area contributed by atoms with Gasteiger partial charge in [0, 0.05) is 12.1 Å². The molecule has 3 aliphatic rings. The predicted octanol–water partition coefficient (Wildman–Crippen LogP) is 5.12. The third kappa shape index (κ3) is 6.15. The van der Waals surface area contributed by atoms with E-state index in [-0.39, 0.29) is 30.3 Å². The van der Waals surface area contributed by atoms with Gasteiger partial charge >= 0.3 is 5.97 Å². The lowest BCUT2D eigenvalue weighted by Gasteiger charge is -2.26. The van der Waals surface area contributed by atoms with Crippen molar-refractivity contribution in [2.24, 2.45) is 22.9 Å². The molecular weight excluding hydrogens is 494 g/mol. The molecule has 206 valence electrons. The monoisotopic (exact) mass is 531 g/mol. The van der Waals surface area contributed by atoms with E-state index in [0.717, 1.165) is 53.6 Å². The molecule has 39 heavy (non-hydrogen) atoms. The molecule has 1 fully saturated rings. The summed E-state index contributed by atoms with van der Waals surface area (Å²) in [6.07, 6.45) is 5.85. The van der Waals surface area contributed by atoms with Crippen molar-refractivity contribution in [3.05, 3.63) is 64.7 Å². The van der Waals surface area contributed by atoms with Crippen molar-refractivity contribution in [2.75, 3.05) is 11.9 Å². The maximum absolute atomic E-state index is 13.8. The van der Waals surface area contributed by atoms with Crippen molar-refractivity contribution < 1.29 is 24.2 Å². The van der Waals surface area contributed by atoms with Crippen LogP contribution >= 0.6 is 0 Å². The molecule has 8 heteroatoms. The van der Waals surface area contributed by atoms with E-state index in [4.69, 9.17) is 4.74 Å². The molecular formula is C31H37N3O5. The predicted molar refractivity (Wildman–Crippen MR) is 148 cm³/mol. The minimum absolute atomic E-state index is 0.00393. The Morgan fingerprint density at radius 1 is 1.10 bits per heavy atom. The number of nitrogens with zero attached hydrogens (tertiary/aromatic N) is 2. The smallest absolute Gasteiger partial charge is 0.307 e. The average molecular weight is 532 g/mol. The number of carboxylic acid groups (broad SMARTS) is 1. The van der Waals surface area contributed by atoms with E-state index in [0.29, 0.717) is 37.6 Å². The zero-order valence-corrected chi connectivity index (χ0v) is 22.7. The van der Waals surface area contributed by atoms with Gasteiger partial charge in [-0.15, -0.1) is 5.10 Å². The first-order chi connectivity index (χ1) is 18.8. The molecule has 5 rings (SSSR count). The fourth-order valence-corrected chi connectivity index (χ4v) is 6.10. The number of ether oxygens (including phenoxy) is 1. The summed E-state index contributed by atoms with van der Waals surface area (Å²) < 4.78 is 5.48. The van der Waals surface area contributed by atoms with Crippen LogP contribution in [-0.2, 0) is 38.5 Å². The maximum atomic E-state index is 13.8. The number of fused-ring (bicyclic) bond motifs is 1. The minimum Gasteiger partial charge on any atom is -0.481 e. The normalized spacial score (nSPS) is 20.0. The molecule has 2 aromatic rings. The number of hydrazone groups is 1. The third-order valence-corrected chi connectivity index (χ3v) is 8.09. The Kier molecular flexibility index (Phi) is 8.00. The highest BCUT2D eigenvalue weighted by atomic mass is 16.5. The topological polar surface area (TPSA) is 108 Å². The molecule has 0 radical (unpaired) electrons. The van der Waals surface area contributed by atoms with E-state index >= 15 is 0 Å². The number of aliphatic carboxylic acids is 1. The minimum atomic E-state index is -0.798. The van der Waals surface area contributed by atoms with Gasteiger partial charge < -0.3 is 15.2 Å². The fraction of sp³-hybridized carbons (Fsp3) is 0.484. The van der Waals surface area contributed by atoms with Crippen LogP contribution in [0, 0.1) is 17.8 Å². The number of anilines is 1. The summed E-state index contributed by atoms with van der Waals surface area (Å²) in [5, 5.41) is 18.6. The first-order valence-corrected chi connectivity index (χ1v) is 14.0. The Morgan fingerprint density at radius 3 is 2.54 bits per heavy atom. The van der Waals surface area contributed by atoms with Crippen molar-refractivity contribution >= 4 is 29.4 Å². The second-order valence-electron chi connectivity index (χ2n) is 11.5. The lowest BCUT2D eigenvalue weighted by atomic mass is 9.83. The Balaban J connectivity index is 1.33. The molecule has 2 N–H and O–H groups in total. The molecule has 1 heterocycles. The molecule has 2 atom stereocenters. The number of hydrogen-bond donors (Lipinski definition) is 2. The van der Waals surface area contributed by atoms with E-state index in [1.807, 2.05) is 42.5 Å². The van der Waals surface area contributed by atoms with Crippen LogP contribution in [0.4, 0.5) is 5.69 Å². The zero-order chi connectivity index (χ0) is 27.5. The van der Waals surface area contributed by atoms with Crippen LogP contribution < -0.4 is 5.32 Å². The molecule has 0 bridgehead atoms. The van der Waals surface area contributed by atoms with Gasteiger partial charge in [-0.25, -0.2) is 5.01 Å². The van der Waals surface area contributed by atoms with Crippen molar-refractivity contribution in [1.29, 1.82) is 0 Å². The molecule has 2 unspecified atom stereocenters. The van der Waals surface area contributed by atoms with Crippen LogP contribution in [-0.4, -0.2) is 40.4 Å². The van der Waals surface area contributed by atoms with Crippen LogP contribution in [0.15, 0.2) is 47.6 Å². The van der Waals surface area contributed by atoms with Gasteiger partial charge in [0.2, 0.25) is 11.8 Å². The molecule has 1 saturated carbocycles. The fourth-order valence-electron chi connectivity index (χ4n) is 6.10. The average Bonchev–Trinajstić information content (AvgIpc) is 3.58. The Bertz CT molecular complexity index is 1260. The van der Waals surface area contributed by atoms with Crippen molar-refractivity contribution in [2.45, 2.75) is 71.3 Å². The first-order valence-electron chi connectivity index (χ1n) is 14.0. The summed E-state index contributed by atoms with van der Waals surface area (Å²) >= 11 is 0. The van der Waals surface area contributed by atoms with Gasteiger partial charge in [0.1, 0.15) is 0 Å². The van der Waals surface area contributed by atoms with Crippen molar-refractivity contribution in [1.82, 2.24) is 5.01 Å². The number of carboxylic acids is 1. The Labute approximate surface area is 229 Å². The van der Waals surface area contributed by atoms with E-state index in [1.165, 1.54) is 5.01 Å². The molecule has 0 saturated heterocycles. The van der Waals surface area contributed by atoms with E-state index in [9.17, 15) is 19.5 Å². The number of nitrogens with one attached hydrogen (secondary N) is 1. The van der Waals surface area contributed by atoms with Crippen LogP contribution in [0.5, 0.6) is 0 Å². The van der Waals surface area contributed by atoms with E-state index < -0.39 is 11.9 Å². The van der Waals surface area contributed by atoms with E-state index in [1.54, 1.807) is 0 Å². The number of hydrogen-bond acceptors (Lipinski definition) is 5. The molecule has 2 aliphatic carbocycles. The van der Waals surface area contributed by atoms with Gasteiger partial charge in [0.25, 0.3) is 5.91 Å². The highest BCUT2D eigenvalue weighted by Gasteiger charge is 2.34. The molecule has 1 aliphatic heterocycles. The number of rotatable bonds is 9. The van der Waals surface area contributed by atoms with Gasteiger partial charge in [-0.3, -0.25) is 14.4 Å². The third-order valence-electron chi connectivity index (χ3n) is 8.09. The summed E-state index contributed by atoms with van der Waals surface area (Å²) in [4.78, 5) is 37.7. The molecule has 8 nitrogen and oxygen atoms in total. The standard InChI is InChI=1S/C31H37N3O5/c1-19(2)14-27-33-34(28(35)18-39-27)17-20-10-12-22(13-11-20)29(21-6-3-4-7-21)30(36)32-26-9-5-8-23-15-24(31(37)38)16-25(23)26/h5,8-13,19,21,24,29H,3-4,6-7,14-18H2,1-2H3,(H,32,36)(H,37,38). The SMILES string of the molecule is CC(C)CC1=NN(Cc2ccc(C(C(=O)Nc3cccc4c3CC(C(=O)O)C4)C3CCCC3)cc2)C(=O)CO1. The van der Waals surface area contributed by atoms with Crippen LogP contribution in [0.2, 0.25) is 0 Å². The van der Waals surface area contributed by atoms with Crippen molar-refractivity contribution in [3.63, 3.8) is 0 Å². The van der Waals surface area contributed by atoms with Gasteiger partial charge in [-0.1, -0.05) is 63.1 Å². The van der Waals surface area contributed by atoms with Gasteiger partial charge in [0.15, 0.2) is 6.61 Å². The molecule has 2 amide bonds. The van der Waals surface area contributed by atoms with Crippen LogP contribution in [0.3, 0.4) is 0 Å². The number of amides is 2. The summed E-state index contributed by atoms with van der Waals surface area (Å²) in [5.41, 5.74) is 4.55. The zero-order valence-electron chi connectivity index (χ0n) is 22.7. The van der Waals surface area contributed by atoms with Crippen LogP contribution in [0.25, 0.3) is 0 Å². The quantitative estimate of drug-likeness (QED) is 0.467. The van der Waals surface area contributed by atoms with Crippen LogP contribution in [0.1, 0.15) is 74.1 Å². The lowest BCUT2D eigenvalue weighted by molar-refractivity contribution is -0.141. The number of carbonyl (C=O) groups excluding carboxylic acids is 2. The second-order valence-corrected chi connectivity index (χ2v) is 11.5. The van der Waals surface area contributed by atoms with Gasteiger partial charge in [-0.05, 0) is 65.8 Å². The molecule has 0 aromatic heterocycles. The lowest BCUT2D eigenvalue weighted by Crippen LogP contribution is -2.36. The Morgan fingerprint density at radius 2 is 1.85 bits per heavy atom. The maximum Gasteiger partial charge on any atom is 0.307 e. The highest BCUT2D eigenvalue weighted by Crippen LogP contribution is 2.39. The first kappa shape index (κ1) is 26.9. The van der Waals surface area contributed by atoms with Crippen molar-refractivity contribution in [3.8, 4) is 0 Å². The highest BCUT2D eigenvalue weighted by molar-refractivity contribution is 5.97. The van der Waals surface area contributed by atoms with Gasteiger partial charge in [0.05, 0.1) is 18.4 Å². The second kappa shape index (κ2) is 11.6. The van der Waals surface area contributed by atoms with Gasteiger partial charge in [-0.2, -0.15) is 0 Å². The number of benzene rings is 2. The number of carbonyl (C=O) groups is 3. The summed E-state index contributed by atoms with van der Waals surface area (Å²) in [6, 6.07) is 13.7. The Hall–Kier alpha value is -3.68. The summed E-state index contributed by atoms with van der Waals surface area (Å²) in [7, 11) is 0. The summed E-state index contributed by atoms with van der Waals surface area (Å²) in [5.74, 6) is -0.538. The largest absolute Gasteiger partial charge is 0.481 e. The van der Waals surface area contributed by atoms with E-state index in [2.05, 4.69) is 24.3 Å². The molecule has 2 aromatic carbocycles. The summed E-state index contributed by atoms with van der Waals surface area (Å²) in [6.45, 7) is 4.52. The molecule has 0 spiro atoms.